The molecule has 2 heteroatoms. The molecular formula is C19H25NO. The molecule has 0 fully saturated rings. The Bertz CT molecular complexity index is 524. The second-order valence-electron chi connectivity index (χ2n) is 5.24. The van der Waals surface area contributed by atoms with Gasteiger partial charge >= 0.3 is 0 Å². The molecule has 2 nitrogen and oxygen atoms in total. The standard InChI is InChI=1S/C19H25NO/c1-3-21-19-14-8-7-13-18(19)16(2)20-15-9-12-17-10-5-4-6-11-17/h4-8,10-11,13-14,16,20H,3,9,12,15H2,1-2H3. The Morgan fingerprint density at radius 2 is 1.71 bits per heavy atom. The van der Waals surface area contributed by atoms with Crippen molar-refractivity contribution in [2.75, 3.05) is 13.2 Å². The zero-order chi connectivity index (χ0) is 14.9. The highest BCUT2D eigenvalue weighted by Gasteiger charge is 2.09. The van der Waals surface area contributed by atoms with Crippen LogP contribution in [0.3, 0.4) is 0 Å². The molecule has 0 spiro atoms. The van der Waals surface area contributed by atoms with Gasteiger partial charge in [0, 0.05) is 11.6 Å². The summed E-state index contributed by atoms with van der Waals surface area (Å²) in [7, 11) is 0. The highest BCUT2D eigenvalue weighted by atomic mass is 16.5. The maximum absolute atomic E-state index is 5.69. The van der Waals surface area contributed by atoms with Crippen LogP contribution in [0.15, 0.2) is 54.6 Å². The third-order valence-corrected chi connectivity index (χ3v) is 3.62. The molecule has 0 saturated carbocycles. The van der Waals surface area contributed by atoms with Gasteiger partial charge < -0.3 is 10.1 Å². The summed E-state index contributed by atoms with van der Waals surface area (Å²) in [5.41, 5.74) is 2.64. The summed E-state index contributed by atoms with van der Waals surface area (Å²) in [6, 6.07) is 19.2. The molecule has 1 N–H and O–H groups in total. The first-order valence-corrected chi connectivity index (χ1v) is 7.80. The Kier molecular flexibility index (Phi) is 6.29. The Morgan fingerprint density at radius 3 is 2.48 bits per heavy atom. The van der Waals surface area contributed by atoms with E-state index >= 15 is 0 Å². The Balaban J connectivity index is 1.80. The van der Waals surface area contributed by atoms with Gasteiger partial charge in [-0.05, 0) is 44.9 Å². The lowest BCUT2D eigenvalue weighted by Gasteiger charge is -2.18. The third-order valence-electron chi connectivity index (χ3n) is 3.62. The van der Waals surface area contributed by atoms with Gasteiger partial charge in [0.25, 0.3) is 0 Å². The molecular weight excluding hydrogens is 258 g/mol. The largest absolute Gasteiger partial charge is 0.494 e. The van der Waals surface area contributed by atoms with Crippen LogP contribution in [0.1, 0.15) is 37.4 Å². The van der Waals surface area contributed by atoms with E-state index in [1.807, 2.05) is 19.1 Å². The molecule has 112 valence electrons. The van der Waals surface area contributed by atoms with Crippen LogP contribution in [0.4, 0.5) is 0 Å². The van der Waals surface area contributed by atoms with Crippen molar-refractivity contribution in [1.82, 2.24) is 5.32 Å². The quantitative estimate of drug-likeness (QED) is 0.726. The summed E-state index contributed by atoms with van der Waals surface area (Å²) in [6.45, 7) is 5.93. The highest BCUT2D eigenvalue weighted by molar-refractivity contribution is 5.35. The van der Waals surface area contributed by atoms with E-state index < -0.39 is 0 Å². The number of ether oxygens (including phenoxy) is 1. The fraction of sp³-hybridized carbons (Fsp3) is 0.368. The first-order valence-electron chi connectivity index (χ1n) is 7.80. The van der Waals surface area contributed by atoms with Gasteiger partial charge in [0.2, 0.25) is 0 Å². The first kappa shape index (κ1) is 15.6. The zero-order valence-corrected chi connectivity index (χ0v) is 13.0. The summed E-state index contributed by atoms with van der Waals surface area (Å²) in [5.74, 6) is 0.989. The van der Waals surface area contributed by atoms with Crippen molar-refractivity contribution in [3.63, 3.8) is 0 Å². The van der Waals surface area contributed by atoms with E-state index in [0.29, 0.717) is 12.6 Å². The molecule has 0 aliphatic carbocycles. The summed E-state index contributed by atoms with van der Waals surface area (Å²) >= 11 is 0. The molecule has 0 bridgehead atoms. The number of hydrogen-bond donors (Lipinski definition) is 1. The molecule has 2 aromatic rings. The second-order valence-corrected chi connectivity index (χ2v) is 5.24. The van der Waals surface area contributed by atoms with Crippen molar-refractivity contribution in [2.45, 2.75) is 32.7 Å². The van der Waals surface area contributed by atoms with Crippen molar-refractivity contribution in [2.24, 2.45) is 0 Å². The van der Waals surface area contributed by atoms with Crippen LogP contribution in [0.2, 0.25) is 0 Å². The van der Waals surface area contributed by atoms with Crippen LogP contribution in [0.5, 0.6) is 5.75 Å². The van der Waals surface area contributed by atoms with Crippen LogP contribution in [0.25, 0.3) is 0 Å². The molecule has 0 aromatic heterocycles. The molecule has 0 amide bonds. The molecule has 1 unspecified atom stereocenters. The fourth-order valence-electron chi connectivity index (χ4n) is 2.49. The normalized spacial score (nSPS) is 12.1. The molecule has 1 atom stereocenters. The molecule has 0 aliphatic rings. The predicted molar refractivity (Wildman–Crippen MR) is 88.8 cm³/mol. The molecule has 0 radical (unpaired) electrons. The third kappa shape index (κ3) is 4.91. The lowest BCUT2D eigenvalue weighted by atomic mass is 10.1. The fourth-order valence-corrected chi connectivity index (χ4v) is 2.49. The van der Waals surface area contributed by atoms with Gasteiger partial charge in [0.05, 0.1) is 6.61 Å². The number of benzene rings is 2. The average molecular weight is 283 g/mol. The van der Waals surface area contributed by atoms with Crippen molar-refractivity contribution in [3.05, 3.63) is 65.7 Å². The molecule has 2 aromatic carbocycles. The van der Waals surface area contributed by atoms with Gasteiger partial charge in [0.1, 0.15) is 5.75 Å². The van der Waals surface area contributed by atoms with E-state index in [2.05, 4.69) is 54.7 Å². The van der Waals surface area contributed by atoms with Gasteiger partial charge in [-0.25, -0.2) is 0 Å². The highest BCUT2D eigenvalue weighted by Crippen LogP contribution is 2.24. The average Bonchev–Trinajstić information content (AvgIpc) is 2.53. The number of nitrogens with one attached hydrogen (secondary N) is 1. The predicted octanol–water partition coefficient (Wildman–Crippen LogP) is 4.37. The minimum absolute atomic E-state index is 0.309. The van der Waals surface area contributed by atoms with E-state index in [1.54, 1.807) is 0 Å². The van der Waals surface area contributed by atoms with Crippen molar-refractivity contribution >= 4 is 0 Å². The summed E-state index contributed by atoms with van der Waals surface area (Å²) in [6.07, 6.45) is 2.26. The monoisotopic (exact) mass is 283 g/mol. The van der Waals surface area contributed by atoms with E-state index in [-0.39, 0.29) is 0 Å². The van der Waals surface area contributed by atoms with Crippen LogP contribution in [-0.2, 0) is 6.42 Å². The van der Waals surface area contributed by atoms with Crippen LogP contribution >= 0.6 is 0 Å². The maximum atomic E-state index is 5.69. The van der Waals surface area contributed by atoms with Crippen molar-refractivity contribution < 1.29 is 4.74 Å². The minimum Gasteiger partial charge on any atom is -0.494 e. The summed E-state index contributed by atoms with van der Waals surface area (Å²) in [5, 5.41) is 3.59. The van der Waals surface area contributed by atoms with Gasteiger partial charge in [0.15, 0.2) is 0 Å². The Hall–Kier alpha value is -1.80. The minimum atomic E-state index is 0.309. The number of para-hydroxylation sites is 1. The van der Waals surface area contributed by atoms with E-state index in [0.717, 1.165) is 25.1 Å². The second kappa shape index (κ2) is 8.48. The number of rotatable bonds is 8. The Labute approximate surface area is 128 Å². The summed E-state index contributed by atoms with van der Waals surface area (Å²) < 4.78 is 5.69. The first-order chi connectivity index (χ1) is 10.3. The molecule has 0 aliphatic heterocycles. The topological polar surface area (TPSA) is 21.3 Å². The zero-order valence-electron chi connectivity index (χ0n) is 13.0. The van der Waals surface area contributed by atoms with Crippen LogP contribution in [0, 0.1) is 0 Å². The molecule has 21 heavy (non-hydrogen) atoms. The van der Waals surface area contributed by atoms with Crippen molar-refractivity contribution in [3.8, 4) is 5.75 Å². The van der Waals surface area contributed by atoms with Gasteiger partial charge in [-0.3, -0.25) is 0 Å². The Morgan fingerprint density at radius 1 is 1.00 bits per heavy atom. The van der Waals surface area contributed by atoms with E-state index in [1.165, 1.54) is 11.1 Å². The number of hydrogen-bond acceptors (Lipinski definition) is 2. The number of aryl methyl sites for hydroxylation is 1. The lowest BCUT2D eigenvalue weighted by molar-refractivity contribution is 0.332. The summed E-state index contributed by atoms with van der Waals surface area (Å²) in [4.78, 5) is 0. The molecule has 0 saturated heterocycles. The van der Waals surface area contributed by atoms with Crippen LogP contribution in [-0.4, -0.2) is 13.2 Å². The van der Waals surface area contributed by atoms with Crippen molar-refractivity contribution in [1.29, 1.82) is 0 Å². The van der Waals surface area contributed by atoms with Gasteiger partial charge in [-0.1, -0.05) is 48.5 Å². The molecule has 0 heterocycles. The van der Waals surface area contributed by atoms with Gasteiger partial charge in [-0.2, -0.15) is 0 Å². The van der Waals surface area contributed by atoms with E-state index in [9.17, 15) is 0 Å². The van der Waals surface area contributed by atoms with E-state index in [4.69, 9.17) is 4.74 Å². The lowest BCUT2D eigenvalue weighted by Crippen LogP contribution is -2.21. The van der Waals surface area contributed by atoms with Crippen LogP contribution < -0.4 is 10.1 Å². The van der Waals surface area contributed by atoms with Gasteiger partial charge in [-0.15, -0.1) is 0 Å². The maximum Gasteiger partial charge on any atom is 0.124 e. The SMILES string of the molecule is CCOc1ccccc1C(C)NCCCc1ccccc1. The molecule has 2 rings (SSSR count). The smallest absolute Gasteiger partial charge is 0.124 e.